The van der Waals surface area contributed by atoms with Crippen LogP contribution in [0.25, 0.3) is 0 Å². The highest BCUT2D eigenvalue weighted by Crippen LogP contribution is 2.24. The molecule has 1 aliphatic heterocycles. The SMILES string of the molecule is COc1ccc(C(CNS(=O)(=O)c2ccc(Cl)cc2)N2CCN(C)CC2)cc1. The standard InChI is InChI=1S/C20H26ClN3O3S/c1-23-11-13-24(14-12-23)20(16-3-7-18(27-2)8-4-16)15-22-28(25,26)19-9-5-17(21)6-10-19/h3-10,20,22H,11-15H2,1-2H3. The molecule has 0 bridgehead atoms. The maximum absolute atomic E-state index is 12.7. The minimum atomic E-state index is -3.61. The van der Waals surface area contributed by atoms with E-state index in [1.54, 1.807) is 19.2 Å². The van der Waals surface area contributed by atoms with E-state index in [4.69, 9.17) is 16.3 Å². The molecule has 8 heteroatoms. The fourth-order valence-electron chi connectivity index (χ4n) is 3.30. The number of nitrogens with zero attached hydrogens (tertiary/aromatic N) is 2. The molecule has 0 radical (unpaired) electrons. The van der Waals surface area contributed by atoms with Gasteiger partial charge < -0.3 is 9.64 Å². The Balaban J connectivity index is 1.79. The van der Waals surface area contributed by atoms with Gasteiger partial charge in [0, 0.05) is 43.8 Å². The molecule has 1 fully saturated rings. The summed E-state index contributed by atoms with van der Waals surface area (Å²) in [5.41, 5.74) is 1.06. The Morgan fingerprint density at radius 2 is 1.64 bits per heavy atom. The quantitative estimate of drug-likeness (QED) is 0.741. The van der Waals surface area contributed by atoms with Crippen molar-refractivity contribution in [3.63, 3.8) is 0 Å². The number of halogens is 1. The molecule has 0 amide bonds. The number of hydrogen-bond donors (Lipinski definition) is 1. The van der Waals surface area contributed by atoms with Crippen LogP contribution >= 0.6 is 11.6 Å². The van der Waals surface area contributed by atoms with Crippen molar-refractivity contribution in [2.24, 2.45) is 0 Å². The number of sulfonamides is 1. The smallest absolute Gasteiger partial charge is 0.240 e. The lowest BCUT2D eigenvalue weighted by atomic mass is 10.0. The zero-order chi connectivity index (χ0) is 20.1. The molecule has 2 aromatic rings. The summed E-state index contributed by atoms with van der Waals surface area (Å²) in [6.45, 7) is 3.97. The molecule has 0 aliphatic carbocycles. The van der Waals surface area contributed by atoms with Crippen LogP contribution in [0.3, 0.4) is 0 Å². The van der Waals surface area contributed by atoms with Gasteiger partial charge in [0.2, 0.25) is 10.0 Å². The highest BCUT2D eigenvalue weighted by atomic mass is 35.5. The van der Waals surface area contributed by atoms with Crippen LogP contribution in [0.4, 0.5) is 0 Å². The number of rotatable bonds is 7. The number of ether oxygens (including phenoxy) is 1. The lowest BCUT2D eigenvalue weighted by Gasteiger charge is -2.38. The van der Waals surface area contributed by atoms with Crippen LogP contribution < -0.4 is 9.46 Å². The Labute approximate surface area is 172 Å². The van der Waals surface area contributed by atoms with Gasteiger partial charge in [0.25, 0.3) is 0 Å². The maximum Gasteiger partial charge on any atom is 0.240 e. The molecule has 152 valence electrons. The first-order chi connectivity index (χ1) is 13.4. The Bertz CT molecular complexity index is 865. The van der Waals surface area contributed by atoms with E-state index in [1.165, 1.54) is 12.1 Å². The molecule has 3 rings (SSSR count). The summed E-state index contributed by atoms with van der Waals surface area (Å²) in [7, 11) is 0.120. The van der Waals surface area contributed by atoms with E-state index in [-0.39, 0.29) is 10.9 Å². The first-order valence-electron chi connectivity index (χ1n) is 9.21. The summed E-state index contributed by atoms with van der Waals surface area (Å²) < 4.78 is 33.4. The predicted octanol–water partition coefficient (Wildman–Crippen LogP) is 2.62. The van der Waals surface area contributed by atoms with Gasteiger partial charge >= 0.3 is 0 Å². The predicted molar refractivity (Wildman–Crippen MR) is 111 cm³/mol. The van der Waals surface area contributed by atoms with Crippen molar-refractivity contribution in [1.29, 1.82) is 0 Å². The third kappa shape index (κ3) is 5.24. The fraction of sp³-hybridized carbons (Fsp3) is 0.400. The third-order valence-electron chi connectivity index (χ3n) is 5.07. The molecule has 1 N–H and O–H groups in total. The van der Waals surface area contributed by atoms with E-state index in [9.17, 15) is 8.42 Å². The van der Waals surface area contributed by atoms with Crippen molar-refractivity contribution < 1.29 is 13.2 Å². The zero-order valence-electron chi connectivity index (χ0n) is 16.1. The number of hydrogen-bond acceptors (Lipinski definition) is 5. The molecule has 1 heterocycles. The Morgan fingerprint density at radius 1 is 1.04 bits per heavy atom. The number of benzene rings is 2. The van der Waals surface area contributed by atoms with Gasteiger partial charge in [-0.05, 0) is 49.0 Å². The van der Waals surface area contributed by atoms with Gasteiger partial charge in [-0.1, -0.05) is 23.7 Å². The van der Waals surface area contributed by atoms with Crippen LogP contribution in [0.1, 0.15) is 11.6 Å². The summed E-state index contributed by atoms with van der Waals surface area (Å²) in [5.74, 6) is 0.780. The Hall–Kier alpha value is -1.64. The second kappa shape index (κ2) is 9.24. The van der Waals surface area contributed by atoms with Crippen molar-refractivity contribution in [3.05, 3.63) is 59.1 Å². The van der Waals surface area contributed by atoms with Gasteiger partial charge in [0.15, 0.2) is 0 Å². The van der Waals surface area contributed by atoms with E-state index in [0.29, 0.717) is 11.6 Å². The van der Waals surface area contributed by atoms with E-state index < -0.39 is 10.0 Å². The van der Waals surface area contributed by atoms with Crippen LogP contribution in [0.5, 0.6) is 5.75 Å². The van der Waals surface area contributed by atoms with Crippen LogP contribution in [-0.2, 0) is 10.0 Å². The maximum atomic E-state index is 12.7. The van der Waals surface area contributed by atoms with Crippen LogP contribution in [-0.4, -0.2) is 65.1 Å². The van der Waals surface area contributed by atoms with E-state index in [0.717, 1.165) is 37.5 Å². The monoisotopic (exact) mass is 423 g/mol. The number of methoxy groups -OCH3 is 1. The highest BCUT2D eigenvalue weighted by Gasteiger charge is 2.26. The summed E-state index contributed by atoms with van der Waals surface area (Å²) in [6, 6.07) is 14.0. The average molecular weight is 424 g/mol. The van der Waals surface area contributed by atoms with Crippen molar-refractivity contribution in [2.75, 3.05) is 46.9 Å². The van der Waals surface area contributed by atoms with Crippen molar-refractivity contribution in [2.45, 2.75) is 10.9 Å². The summed E-state index contributed by atoms with van der Waals surface area (Å²) in [6.07, 6.45) is 0. The molecular weight excluding hydrogens is 398 g/mol. The van der Waals surface area contributed by atoms with E-state index >= 15 is 0 Å². The van der Waals surface area contributed by atoms with Gasteiger partial charge in [-0.25, -0.2) is 13.1 Å². The minimum absolute atomic E-state index is 0.0540. The summed E-state index contributed by atoms with van der Waals surface area (Å²) in [4.78, 5) is 4.81. The molecule has 1 aliphatic rings. The average Bonchev–Trinajstić information content (AvgIpc) is 2.70. The van der Waals surface area contributed by atoms with E-state index in [2.05, 4.69) is 21.6 Å². The first kappa shape index (κ1) is 21.1. The van der Waals surface area contributed by atoms with Gasteiger partial charge in [0.05, 0.1) is 12.0 Å². The lowest BCUT2D eigenvalue weighted by molar-refractivity contribution is 0.113. The molecule has 1 unspecified atom stereocenters. The summed E-state index contributed by atoms with van der Waals surface area (Å²) in [5, 5.41) is 0.507. The molecule has 6 nitrogen and oxygen atoms in total. The van der Waals surface area contributed by atoms with E-state index in [1.807, 2.05) is 24.3 Å². The second-order valence-electron chi connectivity index (χ2n) is 6.93. The zero-order valence-corrected chi connectivity index (χ0v) is 17.7. The number of likely N-dealkylation sites (N-methyl/N-ethyl adjacent to an activating group) is 1. The first-order valence-corrected chi connectivity index (χ1v) is 11.1. The topological polar surface area (TPSA) is 61.9 Å². The normalized spacial score (nSPS) is 17.4. The molecule has 0 saturated carbocycles. The number of piperazine rings is 1. The van der Waals surface area contributed by atoms with Crippen LogP contribution in [0, 0.1) is 0 Å². The third-order valence-corrected chi connectivity index (χ3v) is 6.76. The molecule has 0 spiro atoms. The Morgan fingerprint density at radius 3 is 2.21 bits per heavy atom. The van der Waals surface area contributed by atoms with Crippen molar-refractivity contribution in [3.8, 4) is 5.75 Å². The molecule has 2 aromatic carbocycles. The fourth-order valence-corrected chi connectivity index (χ4v) is 4.47. The number of nitrogens with one attached hydrogen (secondary N) is 1. The molecule has 28 heavy (non-hydrogen) atoms. The minimum Gasteiger partial charge on any atom is -0.497 e. The van der Waals surface area contributed by atoms with Crippen LogP contribution in [0.15, 0.2) is 53.4 Å². The van der Waals surface area contributed by atoms with Crippen molar-refractivity contribution >= 4 is 21.6 Å². The molecular formula is C20H26ClN3O3S. The molecule has 1 saturated heterocycles. The van der Waals surface area contributed by atoms with Crippen LogP contribution in [0.2, 0.25) is 5.02 Å². The van der Waals surface area contributed by atoms with Gasteiger partial charge in [-0.15, -0.1) is 0 Å². The second-order valence-corrected chi connectivity index (χ2v) is 9.14. The van der Waals surface area contributed by atoms with Gasteiger partial charge in [0.1, 0.15) is 5.75 Å². The van der Waals surface area contributed by atoms with Gasteiger partial charge in [-0.3, -0.25) is 4.90 Å². The van der Waals surface area contributed by atoms with Crippen molar-refractivity contribution in [1.82, 2.24) is 14.5 Å². The Kier molecular flexibility index (Phi) is 6.95. The molecule has 0 aromatic heterocycles. The van der Waals surface area contributed by atoms with Gasteiger partial charge in [-0.2, -0.15) is 0 Å². The summed E-state index contributed by atoms with van der Waals surface area (Å²) >= 11 is 5.87. The molecule has 1 atom stereocenters. The largest absolute Gasteiger partial charge is 0.497 e. The lowest BCUT2D eigenvalue weighted by Crippen LogP contribution is -2.48. The highest BCUT2D eigenvalue weighted by molar-refractivity contribution is 7.89.